The zero-order valence-corrected chi connectivity index (χ0v) is 5.79. The lowest BCUT2D eigenvalue weighted by molar-refractivity contribution is 0.395. The van der Waals surface area contributed by atoms with Crippen molar-refractivity contribution in [3.63, 3.8) is 0 Å². The third-order valence-corrected chi connectivity index (χ3v) is 1.48. The SMILES string of the molecule is CC(C)(C)[C@H](N)Cl. The van der Waals surface area contributed by atoms with E-state index >= 15 is 0 Å². The Hall–Kier alpha value is 0.250. The van der Waals surface area contributed by atoms with Gasteiger partial charge in [-0.3, -0.25) is 0 Å². The van der Waals surface area contributed by atoms with Crippen LogP contribution in [0.2, 0.25) is 0 Å². The summed E-state index contributed by atoms with van der Waals surface area (Å²) in [6, 6.07) is 0. The van der Waals surface area contributed by atoms with Crippen molar-refractivity contribution in [2.75, 3.05) is 0 Å². The van der Waals surface area contributed by atoms with E-state index in [1.54, 1.807) is 0 Å². The monoisotopic (exact) mass is 121 g/mol. The average molecular weight is 122 g/mol. The molecule has 0 aromatic heterocycles. The quantitative estimate of drug-likeness (QED) is 0.382. The van der Waals surface area contributed by atoms with Gasteiger partial charge in [-0.1, -0.05) is 20.8 Å². The molecule has 0 unspecified atom stereocenters. The molecule has 0 aliphatic rings. The predicted octanol–water partition coefficient (Wildman–Crippen LogP) is 1.56. The first-order valence-electron chi connectivity index (χ1n) is 2.34. The van der Waals surface area contributed by atoms with Crippen molar-refractivity contribution in [2.24, 2.45) is 11.1 Å². The van der Waals surface area contributed by atoms with Gasteiger partial charge in [0.25, 0.3) is 0 Å². The normalized spacial score (nSPS) is 16.7. The maximum atomic E-state index is 5.53. The molecule has 0 saturated heterocycles. The molecule has 0 aromatic rings. The molecule has 2 heteroatoms. The predicted molar refractivity (Wildman–Crippen MR) is 33.3 cm³/mol. The molecular formula is C5H12ClN. The minimum absolute atomic E-state index is 0.0432. The van der Waals surface area contributed by atoms with Gasteiger partial charge in [0.05, 0.1) is 5.50 Å². The summed E-state index contributed by atoms with van der Waals surface area (Å²) in [5.74, 6) is 0. The summed E-state index contributed by atoms with van der Waals surface area (Å²) in [5.41, 5.74) is 5.15. The number of halogens is 1. The molecule has 1 nitrogen and oxygen atoms in total. The zero-order chi connectivity index (χ0) is 6.08. The highest BCUT2D eigenvalue weighted by atomic mass is 35.5. The topological polar surface area (TPSA) is 26.0 Å². The first kappa shape index (κ1) is 7.25. The van der Waals surface area contributed by atoms with Crippen molar-refractivity contribution >= 4 is 11.6 Å². The summed E-state index contributed by atoms with van der Waals surface area (Å²) >= 11 is 5.53. The summed E-state index contributed by atoms with van der Waals surface area (Å²) in [4.78, 5) is 0. The molecule has 0 aromatic carbocycles. The fourth-order valence-electron chi connectivity index (χ4n) is 0. The molecule has 0 fully saturated rings. The van der Waals surface area contributed by atoms with Crippen LogP contribution in [0.1, 0.15) is 20.8 Å². The molecule has 1 atom stereocenters. The van der Waals surface area contributed by atoms with Gasteiger partial charge in [0.15, 0.2) is 0 Å². The largest absolute Gasteiger partial charge is 0.315 e. The lowest BCUT2D eigenvalue weighted by Crippen LogP contribution is -2.28. The third-order valence-electron chi connectivity index (χ3n) is 0.827. The molecule has 0 bridgehead atoms. The van der Waals surface area contributed by atoms with E-state index in [1.165, 1.54) is 0 Å². The van der Waals surface area contributed by atoms with Crippen molar-refractivity contribution in [1.82, 2.24) is 0 Å². The zero-order valence-electron chi connectivity index (χ0n) is 5.03. The van der Waals surface area contributed by atoms with Gasteiger partial charge in [-0.15, -0.1) is 11.6 Å². The van der Waals surface area contributed by atoms with Crippen LogP contribution in [0.4, 0.5) is 0 Å². The van der Waals surface area contributed by atoms with E-state index in [-0.39, 0.29) is 10.9 Å². The molecule has 0 aliphatic carbocycles. The average Bonchev–Trinajstić information content (AvgIpc) is 1.31. The fourth-order valence-corrected chi connectivity index (χ4v) is 0. The van der Waals surface area contributed by atoms with Crippen molar-refractivity contribution < 1.29 is 0 Å². The van der Waals surface area contributed by atoms with E-state index < -0.39 is 0 Å². The first-order chi connectivity index (χ1) is 2.94. The van der Waals surface area contributed by atoms with Gasteiger partial charge in [0.1, 0.15) is 0 Å². The van der Waals surface area contributed by atoms with E-state index in [4.69, 9.17) is 17.3 Å². The van der Waals surface area contributed by atoms with Gasteiger partial charge in [-0.05, 0) is 5.41 Å². The van der Waals surface area contributed by atoms with Gasteiger partial charge in [-0.25, -0.2) is 0 Å². The number of nitrogens with two attached hydrogens (primary N) is 1. The third kappa shape index (κ3) is 2.89. The summed E-state index contributed by atoms with van der Waals surface area (Å²) in [6.07, 6.45) is 0. The molecule has 0 amide bonds. The van der Waals surface area contributed by atoms with Crippen LogP contribution in [0, 0.1) is 5.41 Å². The Labute approximate surface area is 49.8 Å². The van der Waals surface area contributed by atoms with Crippen LogP contribution in [0.25, 0.3) is 0 Å². The van der Waals surface area contributed by atoms with Gasteiger partial charge < -0.3 is 5.73 Å². The Bertz CT molecular complexity index is 53.6. The van der Waals surface area contributed by atoms with E-state index in [1.807, 2.05) is 20.8 Å². The molecular weight excluding hydrogens is 110 g/mol. The number of rotatable bonds is 0. The lowest BCUT2D eigenvalue weighted by Gasteiger charge is -2.20. The molecule has 2 N–H and O–H groups in total. The number of alkyl halides is 1. The summed E-state index contributed by atoms with van der Waals surface area (Å²) < 4.78 is 0. The minimum Gasteiger partial charge on any atom is -0.315 e. The Balaban J connectivity index is 3.54. The Morgan fingerprint density at radius 1 is 1.43 bits per heavy atom. The molecule has 0 aliphatic heterocycles. The van der Waals surface area contributed by atoms with Crippen LogP contribution in [0.5, 0.6) is 0 Å². The van der Waals surface area contributed by atoms with Crippen LogP contribution in [-0.4, -0.2) is 5.50 Å². The minimum atomic E-state index is -0.229. The number of hydrogen-bond acceptors (Lipinski definition) is 1. The molecule has 0 saturated carbocycles. The second-order valence-corrected chi connectivity index (χ2v) is 3.24. The van der Waals surface area contributed by atoms with E-state index in [0.29, 0.717) is 0 Å². The van der Waals surface area contributed by atoms with Gasteiger partial charge in [-0.2, -0.15) is 0 Å². The maximum Gasteiger partial charge on any atom is 0.0849 e. The van der Waals surface area contributed by atoms with Crippen LogP contribution in [-0.2, 0) is 0 Å². The van der Waals surface area contributed by atoms with Crippen LogP contribution >= 0.6 is 11.6 Å². The standard InChI is InChI=1S/C5H12ClN/c1-5(2,3)4(6)7/h4H,7H2,1-3H3/t4-/m0/s1. The van der Waals surface area contributed by atoms with E-state index in [9.17, 15) is 0 Å². The highest BCUT2D eigenvalue weighted by Crippen LogP contribution is 2.19. The van der Waals surface area contributed by atoms with Crippen molar-refractivity contribution in [3.05, 3.63) is 0 Å². The summed E-state index contributed by atoms with van der Waals surface area (Å²) in [7, 11) is 0. The number of hydrogen-bond donors (Lipinski definition) is 1. The molecule has 7 heavy (non-hydrogen) atoms. The molecule has 0 rings (SSSR count). The lowest BCUT2D eigenvalue weighted by atomic mass is 9.97. The Morgan fingerprint density at radius 2 is 1.57 bits per heavy atom. The van der Waals surface area contributed by atoms with Gasteiger partial charge >= 0.3 is 0 Å². The smallest absolute Gasteiger partial charge is 0.0849 e. The second kappa shape index (κ2) is 2.01. The molecule has 44 valence electrons. The van der Waals surface area contributed by atoms with Crippen molar-refractivity contribution in [1.29, 1.82) is 0 Å². The van der Waals surface area contributed by atoms with Gasteiger partial charge in [0.2, 0.25) is 0 Å². The Morgan fingerprint density at radius 3 is 1.57 bits per heavy atom. The molecule has 0 radical (unpaired) electrons. The van der Waals surface area contributed by atoms with Crippen molar-refractivity contribution in [3.8, 4) is 0 Å². The summed E-state index contributed by atoms with van der Waals surface area (Å²) in [5, 5.41) is 0. The maximum absolute atomic E-state index is 5.53. The van der Waals surface area contributed by atoms with E-state index in [2.05, 4.69) is 0 Å². The van der Waals surface area contributed by atoms with E-state index in [0.717, 1.165) is 0 Å². The van der Waals surface area contributed by atoms with Crippen LogP contribution < -0.4 is 5.73 Å². The summed E-state index contributed by atoms with van der Waals surface area (Å²) in [6.45, 7) is 6.01. The van der Waals surface area contributed by atoms with Crippen LogP contribution in [0.3, 0.4) is 0 Å². The highest BCUT2D eigenvalue weighted by Gasteiger charge is 2.16. The second-order valence-electron chi connectivity index (χ2n) is 2.77. The van der Waals surface area contributed by atoms with Gasteiger partial charge in [0, 0.05) is 0 Å². The molecule has 0 spiro atoms. The highest BCUT2D eigenvalue weighted by molar-refractivity contribution is 6.20. The fraction of sp³-hybridized carbons (Fsp3) is 1.00. The van der Waals surface area contributed by atoms with Crippen molar-refractivity contribution in [2.45, 2.75) is 26.3 Å². The van der Waals surface area contributed by atoms with Crippen LogP contribution in [0.15, 0.2) is 0 Å². The molecule has 0 heterocycles. The Kier molecular flexibility index (Phi) is 2.09. The first-order valence-corrected chi connectivity index (χ1v) is 2.78.